The molecular weight excluding hydrogens is 109 g/mol. The summed E-state index contributed by atoms with van der Waals surface area (Å²) in [6.45, 7) is 0. The fourth-order valence-corrected chi connectivity index (χ4v) is 0.464. The maximum atomic E-state index is 12.0. The third kappa shape index (κ3) is 0.621. The Morgan fingerprint density at radius 1 is 1.75 bits per heavy atom. The van der Waals surface area contributed by atoms with Crippen molar-refractivity contribution in [2.24, 2.45) is 0 Å². The zero-order valence-electron chi connectivity index (χ0n) is 4.04. The zero-order chi connectivity index (χ0) is 5.98. The second-order valence-corrected chi connectivity index (χ2v) is 1.36. The van der Waals surface area contributed by atoms with Crippen LogP contribution in [0.4, 0.5) is 4.48 Å². The predicted octanol–water partition coefficient (Wildman–Crippen LogP) is 1.03. The quantitative estimate of drug-likeness (QED) is 0.498. The molecule has 3 heteroatoms. The molecule has 8 heavy (non-hydrogen) atoms. The summed E-state index contributed by atoms with van der Waals surface area (Å²) in [5, 5.41) is 0. The number of aldehydes is 1. The number of carbonyl (C=O) groups is 1. The van der Waals surface area contributed by atoms with Crippen LogP contribution in [0.25, 0.3) is 0 Å². The van der Waals surface area contributed by atoms with Gasteiger partial charge in [0.1, 0.15) is 5.69 Å². The minimum absolute atomic E-state index is 0.0463. The summed E-state index contributed by atoms with van der Waals surface area (Å²) in [7, 11) is 0. The maximum absolute atomic E-state index is 12.0. The van der Waals surface area contributed by atoms with Crippen molar-refractivity contribution in [1.82, 2.24) is 4.79 Å². The van der Waals surface area contributed by atoms with Gasteiger partial charge in [0.25, 0.3) is 0 Å². The highest BCUT2D eigenvalue weighted by molar-refractivity contribution is 5.71. The van der Waals surface area contributed by atoms with Gasteiger partial charge in [-0.3, -0.25) is 4.79 Å². The standard InChI is InChI=1S/C5H4FNO/c6-7-3-1-2-5(7)4-8/h1-4H. The van der Waals surface area contributed by atoms with Crippen LogP contribution in [0.2, 0.25) is 0 Å². The summed E-state index contributed by atoms with van der Waals surface area (Å²) in [6, 6.07) is 2.86. The lowest BCUT2D eigenvalue weighted by Gasteiger charge is -1.82. The molecule has 0 radical (unpaired) electrons. The van der Waals surface area contributed by atoms with Gasteiger partial charge >= 0.3 is 0 Å². The second-order valence-electron chi connectivity index (χ2n) is 1.36. The van der Waals surface area contributed by atoms with Gasteiger partial charge in [0, 0.05) is 6.20 Å². The molecule has 0 N–H and O–H groups in total. The first kappa shape index (κ1) is 5.03. The van der Waals surface area contributed by atoms with Gasteiger partial charge in [-0.1, -0.05) is 4.48 Å². The first-order valence-electron chi connectivity index (χ1n) is 2.13. The SMILES string of the molecule is O=Cc1cccn1F. The van der Waals surface area contributed by atoms with E-state index in [2.05, 4.69) is 0 Å². The molecule has 0 aromatic carbocycles. The van der Waals surface area contributed by atoms with E-state index in [-0.39, 0.29) is 10.5 Å². The molecule has 0 spiro atoms. The highest BCUT2D eigenvalue weighted by Gasteiger charge is 1.93. The summed E-state index contributed by atoms with van der Waals surface area (Å²) >= 11 is 0. The first-order chi connectivity index (χ1) is 3.84. The summed E-state index contributed by atoms with van der Waals surface area (Å²) in [5.41, 5.74) is 0.0463. The summed E-state index contributed by atoms with van der Waals surface area (Å²) in [6.07, 6.45) is 1.63. The first-order valence-corrected chi connectivity index (χ1v) is 2.13. The smallest absolute Gasteiger partial charge is 0.169 e. The van der Waals surface area contributed by atoms with Gasteiger partial charge in [-0.2, -0.15) is 4.79 Å². The van der Waals surface area contributed by atoms with Crippen molar-refractivity contribution in [3.8, 4) is 0 Å². The highest BCUT2D eigenvalue weighted by atomic mass is 19.2. The number of hydrogen-bond donors (Lipinski definition) is 0. The fraction of sp³-hybridized carbons (Fsp3) is 0. The van der Waals surface area contributed by atoms with Crippen molar-refractivity contribution in [3.05, 3.63) is 24.0 Å². The minimum atomic E-state index is 0.0463. The largest absolute Gasteiger partial charge is 0.296 e. The minimum Gasteiger partial charge on any atom is -0.296 e. The molecule has 0 aliphatic rings. The number of halogens is 1. The van der Waals surface area contributed by atoms with Crippen LogP contribution >= 0.6 is 0 Å². The molecule has 1 heterocycles. The molecule has 0 saturated carbocycles. The van der Waals surface area contributed by atoms with Crippen LogP contribution in [-0.2, 0) is 0 Å². The van der Waals surface area contributed by atoms with E-state index in [9.17, 15) is 9.28 Å². The molecule has 0 atom stereocenters. The van der Waals surface area contributed by atoms with Crippen molar-refractivity contribution in [2.75, 3.05) is 0 Å². The van der Waals surface area contributed by atoms with E-state index in [4.69, 9.17) is 0 Å². The van der Waals surface area contributed by atoms with E-state index in [1.165, 1.54) is 18.3 Å². The summed E-state index contributed by atoms with van der Waals surface area (Å²) in [4.78, 5) is 10.1. The molecule has 0 aliphatic carbocycles. The van der Waals surface area contributed by atoms with E-state index in [1.807, 2.05) is 0 Å². The Labute approximate surface area is 45.5 Å². The number of rotatable bonds is 1. The van der Waals surface area contributed by atoms with Crippen LogP contribution in [0.1, 0.15) is 10.5 Å². The van der Waals surface area contributed by atoms with E-state index in [0.29, 0.717) is 6.29 Å². The van der Waals surface area contributed by atoms with Gasteiger partial charge < -0.3 is 0 Å². The molecule has 0 bridgehead atoms. The lowest BCUT2D eigenvalue weighted by atomic mass is 10.5. The average molecular weight is 113 g/mol. The average Bonchev–Trinajstić information content (AvgIpc) is 2.14. The van der Waals surface area contributed by atoms with Gasteiger partial charge in [0.2, 0.25) is 0 Å². The molecule has 1 aromatic rings. The molecule has 1 rings (SSSR count). The molecule has 0 unspecified atom stereocenters. The number of carbonyl (C=O) groups excluding carboxylic acids is 1. The van der Waals surface area contributed by atoms with Gasteiger partial charge in [-0.25, -0.2) is 0 Å². The fourth-order valence-electron chi connectivity index (χ4n) is 0.464. The Hall–Kier alpha value is -1.12. The third-order valence-corrected chi connectivity index (χ3v) is 0.851. The summed E-state index contributed by atoms with van der Waals surface area (Å²) in [5.74, 6) is 0. The van der Waals surface area contributed by atoms with Crippen LogP contribution in [0.5, 0.6) is 0 Å². The molecule has 0 fully saturated rings. The van der Waals surface area contributed by atoms with Crippen LogP contribution in [0.15, 0.2) is 18.3 Å². The van der Waals surface area contributed by atoms with Crippen LogP contribution in [-0.4, -0.2) is 11.1 Å². The van der Waals surface area contributed by atoms with Crippen molar-refractivity contribution in [1.29, 1.82) is 0 Å². The van der Waals surface area contributed by atoms with Crippen LogP contribution in [0.3, 0.4) is 0 Å². The van der Waals surface area contributed by atoms with Crippen molar-refractivity contribution < 1.29 is 9.28 Å². The Morgan fingerprint density at radius 3 is 2.75 bits per heavy atom. The molecule has 0 amide bonds. The second kappa shape index (κ2) is 1.78. The Morgan fingerprint density at radius 2 is 2.50 bits per heavy atom. The van der Waals surface area contributed by atoms with E-state index in [1.54, 1.807) is 0 Å². The lowest BCUT2D eigenvalue weighted by Crippen LogP contribution is -1.85. The van der Waals surface area contributed by atoms with E-state index < -0.39 is 0 Å². The van der Waals surface area contributed by atoms with Gasteiger partial charge in [-0.05, 0) is 12.1 Å². The van der Waals surface area contributed by atoms with Crippen molar-refractivity contribution >= 4 is 6.29 Å². The monoisotopic (exact) mass is 113 g/mol. The number of aromatic nitrogens is 1. The van der Waals surface area contributed by atoms with E-state index in [0.717, 1.165) is 0 Å². The molecule has 2 nitrogen and oxygen atoms in total. The summed E-state index contributed by atoms with van der Waals surface area (Å²) < 4.78 is 12.0. The van der Waals surface area contributed by atoms with Crippen molar-refractivity contribution in [3.63, 3.8) is 0 Å². The van der Waals surface area contributed by atoms with Gasteiger partial charge in [0.05, 0.1) is 0 Å². The third-order valence-electron chi connectivity index (χ3n) is 0.851. The van der Waals surface area contributed by atoms with Crippen LogP contribution in [0, 0.1) is 0 Å². The molecule has 0 aliphatic heterocycles. The van der Waals surface area contributed by atoms with E-state index >= 15 is 0 Å². The topological polar surface area (TPSA) is 22.0 Å². The molecular formula is C5H4FNO. The number of nitrogens with zero attached hydrogens (tertiary/aromatic N) is 1. The predicted molar refractivity (Wildman–Crippen MR) is 26.3 cm³/mol. The zero-order valence-corrected chi connectivity index (χ0v) is 4.04. The van der Waals surface area contributed by atoms with Gasteiger partial charge in [-0.15, -0.1) is 0 Å². The molecule has 1 aromatic heterocycles. The molecule has 0 saturated heterocycles. The normalized spacial score (nSPS) is 9.12. The number of hydrogen-bond acceptors (Lipinski definition) is 1. The Bertz CT molecular complexity index is 194. The van der Waals surface area contributed by atoms with Crippen molar-refractivity contribution in [2.45, 2.75) is 0 Å². The Kier molecular flexibility index (Phi) is 1.12. The van der Waals surface area contributed by atoms with Crippen LogP contribution < -0.4 is 0 Å². The lowest BCUT2D eigenvalue weighted by molar-refractivity contribution is 0.110. The highest BCUT2D eigenvalue weighted by Crippen LogP contribution is 1.96. The Balaban J connectivity index is 3.09. The van der Waals surface area contributed by atoms with Gasteiger partial charge in [0.15, 0.2) is 6.29 Å². The maximum Gasteiger partial charge on any atom is 0.169 e. The molecule has 42 valence electrons.